The van der Waals surface area contributed by atoms with Crippen LogP contribution in [0.1, 0.15) is 51.9 Å². The molecule has 216 valence electrons. The van der Waals surface area contributed by atoms with Crippen LogP contribution in [0.5, 0.6) is 17.5 Å². The number of hydrogen-bond donors (Lipinski definition) is 1. The van der Waals surface area contributed by atoms with Crippen molar-refractivity contribution in [2.45, 2.75) is 69.7 Å². The third-order valence-corrected chi connectivity index (χ3v) is 8.77. The van der Waals surface area contributed by atoms with E-state index in [-0.39, 0.29) is 29.4 Å². The Bertz CT molecular complexity index is 1210. The number of amides is 1. The molecule has 10 heteroatoms. The number of aromatic nitrogens is 2. The van der Waals surface area contributed by atoms with E-state index in [1.807, 2.05) is 31.2 Å². The second-order valence-electron chi connectivity index (χ2n) is 11.9. The molecule has 2 aromatic heterocycles. The van der Waals surface area contributed by atoms with E-state index in [2.05, 4.69) is 4.98 Å². The molecule has 4 aliphatic rings. The Kier molecular flexibility index (Phi) is 7.56. The summed E-state index contributed by atoms with van der Waals surface area (Å²) in [6.45, 7) is 5.20. The van der Waals surface area contributed by atoms with Gasteiger partial charge in [0.2, 0.25) is 5.88 Å². The van der Waals surface area contributed by atoms with E-state index in [0.717, 1.165) is 37.7 Å². The fraction of sp³-hybridized carbons (Fsp3) is 0.633. The lowest BCUT2D eigenvalue weighted by atomic mass is 9.61. The number of rotatable bonds is 10. The fourth-order valence-electron chi connectivity index (χ4n) is 6.63. The highest BCUT2D eigenvalue weighted by atomic mass is 19.1. The molecular formula is C30H39FN4O5. The highest BCUT2D eigenvalue weighted by Crippen LogP contribution is 2.51. The van der Waals surface area contributed by atoms with Gasteiger partial charge in [-0.2, -0.15) is 0 Å². The minimum absolute atomic E-state index is 0.00752. The number of hydrogen-bond acceptors (Lipinski definition) is 8. The molecule has 2 atom stereocenters. The summed E-state index contributed by atoms with van der Waals surface area (Å²) in [6, 6.07) is 7.56. The molecule has 0 bridgehead atoms. The molecule has 2 N–H and O–H groups in total. The number of nitrogens with zero attached hydrogens (tertiary/aromatic N) is 3. The zero-order valence-corrected chi connectivity index (χ0v) is 23.1. The van der Waals surface area contributed by atoms with Crippen LogP contribution in [0.3, 0.4) is 0 Å². The second-order valence-corrected chi connectivity index (χ2v) is 11.9. The van der Waals surface area contributed by atoms with Gasteiger partial charge in [0, 0.05) is 37.2 Å². The summed E-state index contributed by atoms with van der Waals surface area (Å²) < 4.78 is 39.0. The highest BCUT2D eigenvalue weighted by Gasteiger charge is 2.58. The Morgan fingerprint density at radius 3 is 2.70 bits per heavy atom. The third-order valence-electron chi connectivity index (χ3n) is 8.77. The standard InChI is InChI=1S/C30H39FN4O5/c1-2-37-26-23(6-5-11-33-26)24-7-8-25(27(34-24)39-17-20-12-21(15-32)38-16-20)40-22-13-29(14-22)18-35(19-29)28(36)30(31)9-3-4-10-30/h5-8,11,20-22H,2-4,9-10,12-19,32H2,1H3. The minimum Gasteiger partial charge on any atom is -0.485 e. The lowest BCUT2D eigenvalue weighted by molar-refractivity contribution is -0.171. The number of alkyl halides is 1. The number of pyridine rings is 2. The molecule has 4 fully saturated rings. The Morgan fingerprint density at radius 1 is 1.18 bits per heavy atom. The van der Waals surface area contributed by atoms with Crippen molar-refractivity contribution in [1.29, 1.82) is 0 Å². The summed E-state index contributed by atoms with van der Waals surface area (Å²) in [5.41, 5.74) is 5.62. The SMILES string of the molecule is CCOc1ncccc1-c1ccc(OC2CC3(C2)CN(C(=O)C2(F)CCCC2)C3)c(OCC2COC(CN)C2)n1. The van der Waals surface area contributed by atoms with Crippen molar-refractivity contribution in [3.63, 3.8) is 0 Å². The van der Waals surface area contributed by atoms with Gasteiger partial charge in [-0.05, 0) is 76.1 Å². The van der Waals surface area contributed by atoms with E-state index >= 15 is 0 Å². The molecule has 2 aromatic rings. The summed E-state index contributed by atoms with van der Waals surface area (Å²) in [5, 5.41) is 0. The third kappa shape index (κ3) is 5.35. The van der Waals surface area contributed by atoms with Crippen molar-refractivity contribution in [1.82, 2.24) is 14.9 Å². The van der Waals surface area contributed by atoms with Crippen LogP contribution in [-0.2, 0) is 9.53 Å². The second kappa shape index (κ2) is 11.1. The molecule has 2 saturated heterocycles. The summed E-state index contributed by atoms with van der Waals surface area (Å²) in [5.74, 6) is 1.44. The maximum absolute atomic E-state index is 14.9. The van der Waals surface area contributed by atoms with E-state index in [1.165, 1.54) is 0 Å². The maximum Gasteiger partial charge on any atom is 0.260 e. The first-order chi connectivity index (χ1) is 19.4. The van der Waals surface area contributed by atoms with Gasteiger partial charge in [0.15, 0.2) is 11.4 Å². The maximum atomic E-state index is 14.9. The number of ether oxygens (including phenoxy) is 4. The fourth-order valence-corrected chi connectivity index (χ4v) is 6.63. The van der Waals surface area contributed by atoms with Gasteiger partial charge in [-0.1, -0.05) is 0 Å². The normalized spacial score (nSPS) is 24.9. The van der Waals surface area contributed by atoms with E-state index in [4.69, 9.17) is 29.7 Å². The van der Waals surface area contributed by atoms with Crippen molar-refractivity contribution in [2.24, 2.45) is 17.1 Å². The topological polar surface area (TPSA) is 109 Å². The van der Waals surface area contributed by atoms with Crippen LogP contribution in [-0.4, -0.2) is 78.1 Å². The lowest BCUT2D eigenvalue weighted by Crippen LogP contribution is -2.68. The zero-order chi connectivity index (χ0) is 27.7. The van der Waals surface area contributed by atoms with Gasteiger partial charge < -0.3 is 29.6 Å². The molecule has 40 heavy (non-hydrogen) atoms. The van der Waals surface area contributed by atoms with Gasteiger partial charge in [-0.15, -0.1) is 0 Å². The molecule has 1 amide bonds. The molecule has 2 aliphatic carbocycles. The van der Waals surface area contributed by atoms with E-state index < -0.39 is 5.67 Å². The number of carbonyl (C=O) groups excluding carboxylic acids is 1. The van der Waals surface area contributed by atoms with Gasteiger partial charge in [0.05, 0.1) is 37.2 Å². The molecule has 1 spiro atoms. The molecule has 0 radical (unpaired) electrons. The Hall–Kier alpha value is -2.98. The molecule has 0 aromatic carbocycles. The Labute approximate surface area is 234 Å². The number of halogens is 1. The van der Waals surface area contributed by atoms with Crippen molar-refractivity contribution >= 4 is 5.91 Å². The van der Waals surface area contributed by atoms with Crippen LogP contribution in [0, 0.1) is 11.3 Å². The number of nitrogens with two attached hydrogens (primary N) is 1. The van der Waals surface area contributed by atoms with Crippen LogP contribution in [0.15, 0.2) is 30.5 Å². The predicted octanol–water partition coefficient (Wildman–Crippen LogP) is 3.94. The van der Waals surface area contributed by atoms with Crippen molar-refractivity contribution in [3.8, 4) is 28.8 Å². The number of likely N-dealkylation sites (tertiary alicyclic amines) is 1. The van der Waals surface area contributed by atoms with E-state index in [1.54, 1.807) is 11.1 Å². The molecule has 2 unspecified atom stereocenters. The van der Waals surface area contributed by atoms with Gasteiger partial charge in [0.1, 0.15) is 6.10 Å². The zero-order valence-electron chi connectivity index (χ0n) is 23.1. The predicted molar refractivity (Wildman–Crippen MR) is 146 cm³/mol. The first-order valence-electron chi connectivity index (χ1n) is 14.6. The van der Waals surface area contributed by atoms with Gasteiger partial charge in [0.25, 0.3) is 11.8 Å². The molecule has 9 nitrogen and oxygen atoms in total. The number of carbonyl (C=O) groups is 1. The van der Waals surface area contributed by atoms with E-state index in [9.17, 15) is 9.18 Å². The van der Waals surface area contributed by atoms with Crippen LogP contribution in [0.4, 0.5) is 4.39 Å². The van der Waals surface area contributed by atoms with E-state index in [0.29, 0.717) is 75.5 Å². The monoisotopic (exact) mass is 554 g/mol. The smallest absolute Gasteiger partial charge is 0.260 e. The van der Waals surface area contributed by atoms with Crippen molar-refractivity contribution in [2.75, 3.05) is 39.5 Å². The molecule has 6 rings (SSSR count). The summed E-state index contributed by atoms with van der Waals surface area (Å²) >= 11 is 0. The summed E-state index contributed by atoms with van der Waals surface area (Å²) in [7, 11) is 0. The largest absolute Gasteiger partial charge is 0.485 e. The van der Waals surface area contributed by atoms with Crippen LogP contribution >= 0.6 is 0 Å². The average molecular weight is 555 g/mol. The highest BCUT2D eigenvalue weighted by molar-refractivity contribution is 5.86. The summed E-state index contributed by atoms with van der Waals surface area (Å²) in [4.78, 5) is 23.6. The first-order valence-corrected chi connectivity index (χ1v) is 14.6. The van der Waals surface area contributed by atoms with Gasteiger partial charge >= 0.3 is 0 Å². The first kappa shape index (κ1) is 27.2. The molecule has 2 aliphatic heterocycles. The molecule has 2 saturated carbocycles. The van der Waals surface area contributed by atoms with Crippen molar-refractivity contribution < 1.29 is 28.1 Å². The van der Waals surface area contributed by atoms with Crippen LogP contribution in [0.25, 0.3) is 11.3 Å². The molecular weight excluding hydrogens is 515 g/mol. The Balaban J connectivity index is 1.12. The van der Waals surface area contributed by atoms with Gasteiger partial charge in [-0.3, -0.25) is 4.79 Å². The van der Waals surface area contributed by atoms with Crippen molar-refractivity contribution in [3.05, 3.63) is 30.5 Å². The summed E-state index contributed by atoms with van der Waals surface area (Å²) in [6.07, 6.45) is 6.55. The quantitative estimate of drug-likeness (QED) is 0.471. The lowest BCUT2D eigenvalue weighted by Gasteiger charge is -2.59. The Morgan fingerprint density at radius 2 is 1.98 bits per heavy atom. The average Bonchev–Trinajstić information content (AvgIpc) is 3.58. The van der Waals surface area contributed by atoms with Crippen LogP contribution < -0.4 is 19.9 Å². The minimum atomic E-state index is -1.65. The van der Waals surface area contributed by atoms with Crippen LogP contribution in [0.2, 0.25) is 0 Å². The molecule has 4 heterocycles. The van der Waals surface area contributed by atoms with Gasteiger partial charge in [-0.25, -0.2) is 14.4 Å².